The van der Waals surface area contributed by atoms with Crippen molar-refractivity contribution in [3.8, 4) is 11.5 Å². The number of ether oxygens (including phenoxy) is 2. The smallest absolute Gasteiger partial charge is 0.161 e. The molecule has 22 heavy (non-hydrogen) atoms. The Bertz CT molecular complexity index is 584. The lowest BCUT2D eigenvalue weighted by atomic mass is 9.80. The largest absolute Gasteiger partial charge is 0.490 e. The fourth-order valence-corrected chi connectivity index (χ4v) is 6.19. The summed E-state index contributed by atoms with van der Waals surface area (Å²) < 4.78 is 23.8. The molecule has 1 aromatic carbocycles. The van der Waals surface area contributed by atoms with Gasteiger partial charge in [0.1, 0.15) is 0 Å². The number of fused-ring (bicyclic) bond motifs is 3. The van der Waals surface area contributed by atoms with E-state index in [0.717, 1.165) is 42.7 Å². The summed E-state index contributed by atoms with van der Waals surface area (Å²) in [5, 5.41) is 11.5. The zero-order valence-electron chi connectivity index (χ0n) is 12.6. The maximum atomic E-state index is 12.4. The summed E-state index contributed by atoms with van der Waals surface area (Å²) >= 11 is 0. The number of aliphatic hydroxyl groups is 1. The Morgan fingerprint density at radius 3 is 2.45 bits per heavy atom. The molecule has 120 valence electrons. The van der Waals surface area contributed by atoms with Gasteiger partial charge in [-0.1, -0.05) is 12.5 Å². The summed E-state index contributed by atoms with van der Waals surface area (Å²) in [7, 11) is -0.777. The molecule has 2 atom stereocenters. The second-order valence-electron chi connectivity index (χ2n) is 6.66. The number of rotatable bonds is 1. The first-order valence-electron chi connectivity index (χ1n) is 8.18. The van der Waals surface area contributed by atoms with E-state index >= 15 is 0 Å². The van der Waals surface area contributed by atoms with Crippen LogP contribution in [0.15, 0.2) is 18.2 Å². The predicted octanol–water partition coefficient (Wildman–Crippen LogP) is 2.50. The standard InChI is InChI=1S/C17H22O4S/c18-17(10-13-3-1-4-14(11-17)22(13)19)12-5-6-15-16(9-12)21-8-2-7-20-15/h5-6,9,13-14,18H,1-4,7-8,10-11H2. The Morgan fingerprint density at radius 1 is 1.05 bits per heavy atom. The summed E-state index contributed by atoms with van der Waals surface area (Å²) in [6.07, 6.45) is 5.13. The normalized spacial score (nSPS) is 37.4. The fourth-order valence-electron chi connectivity index (χ4n) is 3.97. The average molecular weight is 322 g/mol. The van der Waals surface area contributed by atoms with Crippen LogP contribution >= 0.6 is 0 Å². The van der Waals surface area contributed by atoms with Gasteiger partial charge in [-0.15, -0.1) is 0 Å². The van der Waals surface area contributed by atoms with Crippen LogP contribution in [0.4, 0.5) is 0 Å². The molecule has 0 saturated carbocycles. The minimum absolute atomic E-state index is 0.133. The number of hydrogen-bond donors (Lipinski definition) is 1. The van der Waals surface area contributed by atoms with Crippen molar-refractivity contribution in [2.24, 2.45) is 0 Å². The van der Waals surface area contributed by atoms with E-state index in [4.69, 9.17) is 9.47 Å². The Hall–Kier alpha value is -1.07. The molecule has 0 radical (unpaired) electrons. The highest BCUT2D eigenvalue weighted by Gasteiger charge is 2.46. The second-order valence-corrected chi connectivity index (χ2v) is 8.65. The quantitative estimate of drug-likeness (QED) is 0.863. The average Bonchev–Trinajstić information content (AvgIpc) is 2.73. The van der Waals surface area contributed by atoms with Crippen molar-refractivity contribution in [3.05, 3.63) is 23.8 Å². The maximum Gasteiger partial charge on any atom is 0.161 e. The molecule has 0 aliphatic carbocycles. The van der Waals surface area contributed by atoms with E-state index in [-0.39, 0.29) is 10.5 Å². The zero-order chi connectivity index (χ0) is 15.2. The lowest BCUT2D eigenvalue weighted by molar-refractivity contribution is 0.00631. The number of benzene rings is 1. The van der Waals surface area contributed by atoms with Crippen LogP contribution < -0.4 is 9.47 Å². The Balaban J connectivity index is 1.66. The highest BCUT2D eigenvalue weighted by atomic mass is 32.2. The van der Waals surface area contributed by atoms with E-state index in [0.29, 0.717) is 26.1 Å². The first-order valence-corrected chi connectivity index (χ1v) is 9.45. The van der Waals surface area contributed by atoms with Crippen LogP contribution in [0.2, 0.25) is 0 Å². The van der Waals surface area contributed by atoms with E-state index < -0.39 is 16.4 Å². The third kappa shape index (κ3) is 2.44. The molecule has 3 heterocycles. The first kappa shape index (κ1) is 14.5. The van der Waals surface area contributed by atoms with Crippen LogP contribution in [0.3, 0.4) is 0 Å². The van der Waals surface area contributed by atoms with Crippen molar-refractivity contribution in [2.45, 2.75) is 54.6 Å². The Kier molecular flexibility index (Phi) is 3.65. The van der Waals surface area contributed by atoms with Crippen molar-refractivity contribution in [2.75, 3.05) is 13.2 Å². The molecule has 1 aromatic rings. The van der Waals surface area contributed by atoms with Crippen molar-refractivity contribution in [3.63, 3.8) is 0 Å². The van der Waals surface area contributed by atoms with Crippen LogP contribution in [-0.4, -0.2) is 33.0 Å². The molecule has 3 aliphatic rings. The zero-order valence-corrected chi connectivity index (χ0v) is 13.4. The van der Waals surface area contributed by atoms with E-state index in [9.17, 15) is 9.32 Å². The molecule has 2 fully saturated rings. The molecule has 1 N–H and O–H groups in total. The van der Waals surface area contributed by atoms with Gasteiger partial charge in [-0.2, -0.15) is 0 Å². The van der Waals surface area contributed by atoms with Gasteiger partial charge in [0.25, 0.3) is 0 Å². The van der Waals surface area contributed by atoms with Gasteiger partial charge >= 0.3 is 0 Å². The molecule has 4 rings (SSSR count). The van der Waals surface area contributed by atoms with E-state index in [1.807, 2.05) is 18.2 Å². The Morgan fingerprint density at radius 2 is 1.73 bits per heavy atom. The molecule has 2 bridgehead atoms. The minimum atomic E-state index is -0.881. The maximum absolute atomic E-state index is 12.4. The molecule has 2 saturated heterocycles. The first-order chi connectivity index (χ1) is 10.7. The van der Waals surface area contributed by atoms with Crippen LogP contribution in [0, 0.1) is 0 Å². The third-order valence-electron chi connectivity index (χ3n) is 5.12. The molecule has 0 aromatic heterocycles. The summed E-state index contributed by atoms with van der Waals surface area (Å²) in [5.74, 6) is 1.48. The lowest BCUT2D eigenvalue weighted by Gasteiger charge is -2.43. The van der Waals surface area contributed by atoms with Crippen LogP contribution in [0.5, 0.6) is 11.5 Å². The van der Waals surface area contributed by atoms with Gasteiger partial charge in [0, 0.05) is 27.7 Å². The van der Waals surface area contributed by atoms with Crippen LogP contribution in [-0.2, 0) is 16.4 Å². The van der Waals surface area contributed by atoms with Gasteiger partial charge in [-0.25, -0.2) is 0 Å². The van der Waals surface area contributed by atoms with Crippen molar-refractivity contribution >= 4 is 10.8 Å². The van der Waals surface area contributed by atoms with Gasteiger partial charge in [-0.3, -0.25) is 4.21 Å². The molecule has 2 unspecified atom stereocenters. The van der Waals surface area contributed by atoms with Gasteiger partial charge in [0.2, 0.25) is 0 Å². The molecule has 4 nitrogen and oxygen atoms in total. The molecule has 0 amide bonds. The van der Waals surface area contributed by atoms with Crippen molar-refractivity contribution < 1.29 is 18.8 Å². The topological polar surface area (TPSA) is 55.8 Å². The van der Waals surface area contributed by atoms with Crippen molar-refractivity contribution in [1.82, 2.24) is 0 Å². The van der Waals surface area contributed by atoms with Gasteiger partial charge in [-0.05, 0) is 43.4 Å². The highest BCUT2D eigenvalue weighted by molar-refractivity contribution is 7.86. The van der Waals surface area contributed by atoms with E-state index in [2.05, 4.69) is 0 Å². The van der Waals surface area contributed by atoms with Crippen LogP contribution in [0.25, 0.3) is 0 Å². The highest BCUT2D eigenvalue weighted by Crippen LogP contribution is 2.46. The summed E-state index contributed by atoms with van der Waals surface area (Å²) in [6, 6.07) is 5.76. The van der Waals surface area contributed by atoms with Crippen LogP contribution in [0.1, 0.15) is 44.1 Å². The van der Waals surface area contributed by atoms with Crippen molar-refractivity contribution in [1.29, 1.82) is 0 Å². The van der Waals surface area contributed by atoms with Gasteiger partial charge in [0.05, 0.1) is 18.8 Å². The van der Waals surface area contributed by atoms with Gasteiger partial charge in [0.15, 0.2) is 11.5 Å². The fraction of sp³-hybridized carbons (Fsp3) is 0.647. The third-order valence-corrected chi connectivity index (χ3v) is 7.24. The van der Waals surface area contributed by atoms with Gasteiger partial charge < -0.3 is 14.6 Å². The summed E-state index contributed by atoms with van der Waals surface area (Å²) in [5.41, 5.74) is -0.000644. The molecular formula is C17H22O4S. The lowest BCUT2D eigenvalue weighted by Crippen LogP contribution is -2.47. The minimum Gasteiger partial charge on any atom is -0.490 e. The molecule has 5 heteroatoms. The predicted molar refractivity (Wildman–Crippen MR) is 84.7 cm³/mol. The molecular weight excluding hydrogens is 300 g/mol. The SMILES string of the molecule is O=S1C2CCCC1CC(O)(c1ccc3c(c1)OCCCO3)C2. The van der Waals surface area contributed by atoms with E-state index in [1.165, 1.54) is 0 Å². The monoisotopic (exact) mass is 322 g/mol. The summed E-state index contributed by atoms with van der Waals surface area (Å²) in [4.78, 5) is 0. The van der Waals surface area contributed by atoms with E-state index in [1.54, 1.807) is 0 Å². The Labute approximate surface area is 133 Å². The second kappa shape index (κ2) is 5.53. The summed E-state index contributed by atoms with van der Waals surface area (Å²) in [6.45, 7) is 1.31. The number of hydrogen-bond acceptors (Lipinski definition) is 4. The molecule has 0 spiro atoms. The molecule has 3 aliphatic heterocycles.